The number of Topliss-reactive ketones (excluding diaryl/α,β-unsaturated/α-hetero) is 3. The number of esters is 1. The molecule has 138 heavy (non-hydrogen) atoms. The van der Waals surface area contributed by atoms with E-state index in [2.05, 4.69) is 37.3 Å². The highest BCUT2D eigenvalue weighted by atomic mass is 33.1. The Hall–Kier alpha value is -8.65. The predicted molar refractivity (Wildman–Crippen MR) is 512 cm³/mol. The molecule has 1 aromatic carbocycles. The van der Waals surface area contributed by atoms with Gasteiger partial charge in [0, 0.05) is 132 Å². The van der Waals surface area contributed by atoms with Gasteiger partial charge >= 0.3 is 30.1 Å². The number of carboxylic acids is 2. The summed E-state index contributed by atoms with van der Waals surface area (Å²) in [5, 5.41) is 107. The number of benzene rings is 1. The number of hydrazine groups is 1. The van der Waals surface area contributed by atoms with Crippen molar-refractivity contribution in [2.24, 2.45) is 41.4 Å². The number of piperidine rings is 1. The van der Waals surface area contributed by atoms with Crippen LogP contribution in [0.3, 0.4) is 0 Å². The fraction of sp³-hybridized carbons (Fsp3) is 0.688. The van der Waals surface area contributed by atoms with Crippen molar-refractivity contribution >= 4 is 132 Å². The number of alkyl carbamates (subject to hydrolysis) is 1. The number of cyclic esters (lactones) is 1. The van der Waals surface area contributed by atoms with Gasteiger partial charge < -0.3 is 121 Å². The summed E-state index contributed by atoms with van der Waals surface area (Å²) in [6, 6.07) is 0.492. The number of hydrogen-bond donors (Lipinski definition) is 17. The molecule has 3 heterocycles. The Balaban J connectivity index is 1.12. The molecule has 23 atom stereocenters. The number of aliphatic carboxylic acids is 2. The van der Waals surface area contributed by atoms with Crippen molar-refractivity contribution < 1.29 is 156 Å². The van der Waals surface area contributed by atoms with Crippen molar-refractivity contribution in [1.82, 2.24) is 47.7 Å². The number of aryl methyl sites for hydroxylation is 1. The molecule has 17 N–H and O–H groups in total. The van der Waals surface area contributed by atoms with Crippen LogP contribution in [0, 0.1) is 48.3 Å². The number of carbonyl (C=O) groups excluding carboxylic acids is 13. The van der Waals surface area contributed by atoms with Crippen LogP contribution in [0.5, 0.6) is 0 Å². The summed E-state index contributed by atoms with van der Waals surface area (Å²) in [7, 11) is 9.00. The van der Waals surface area contributed by atoms with Gasteiger partial charge in [-0.3, -0.25) is 53.4 Å². The first-order valence-electron chi connectivity index (χ1n) is 46.5. The number of nitrogens with zero attached hydrogens (tertiary/aromatic N) is 1. The van der Waals surface area contributed by atoms with Crippen LogP contribution in [0.15, 0.2) is 71.9 Å². The summed E-state index contributed by atoms with van der Waals surface area (Å²) < 4.78 is 46.7. The number of carboxylic acid groups (broad SMARTS) is 2. The minimum Gasteiger partial charge on any atom is -0.480 e. The first kappa shape index (κ1) is 120. The highest BCUT2D eigenvalue weighted by molar-refractivity contribution is 8.77. The van der Waals surface area contributed by atoms with Crippen LogP contribution in [-0.2, 0) is 95.4 Å². The third kappa shape index (κ3) is 41.1. The molecule has 3 fully saturated rings. The van der Waals surface area contributed by atoms with E-state index in [0.29, 0.717) is 69.1 Å². The van der Waals surface area contributed by atoms with Crippen molar-refractivity contribution in [2.75, 3.05) is 96.9 Å². The van der Waals surface area contributed by atoms with Gasteiger partial charge in [0.05, 0.1) is 43.7 Å². The van der Waals surface area contributed by atoms with Crippen molar-refractivity contribution in [3.8, 4) is 0 Å². The number of fused-ring (bicyclic) bond motifs is 3. The minimum atomic E-state index is -2.52. The van der Waals surface area contributed by atoms with Crippen LogP contribution >= 0.6 is 43.2 Å². The average molecular weight is 2030 g/mol. The lowest BCUT2D eigenvalue weighted by Crippen LogP contribution is -2.61. The molecule has 3 aliphatic heterocycles. The van der Waals surface area contributed by atoms with Gasteiger partial charge in [0.1, 0.15) is 79.8 Å². The second-order valence-corrected chi connectivity index (χ2v) is 40.7. The molecule has 776 valence electrons. The Bertz CT molecular complexity index is 4270. The summed E-state index contributed by atoms with van der Waals surface area (Å²) in [4.78, 5) is 201. The number of nitrogens with one attached hydrogen (secondary N) is 8. The maximum absolute atomic E-state index is 14.8. The van der Waals surface area contributed by atoms with Crippen molar-refractivity contribution in [2.45, 2.75) is 269 Å². The quantitative estimate of drug-likeness (QED) is 0.00836. The Kier molecular flexibility index (Phi) is 54.4. The molecule has 1 aromatic rings. The first-order chi connectivity index (χ1) is 65.5. The molecule has 1 aliphatic carbocycles. The monoisotopic (exact) mass is 2030 g/mol. The third-order valence-corrected chi connectivity index (χ3v) is 29.3. The normalized spacial score (nSPS) is 26.7. The second kappa shape index (κ2) is 62.6. The molecule has 0 unspecified atom stereocenters. The van der Waals surface area contributed by atoms with Gasteiger partial charge in [-0.2, -0.15) is 0 Å². The molecule has 2 bridgehead atoms. The molecule has 9 amide bonds. The van der Waals surface area contributed by atoms with E-state index in [1.54, 1.807) is 60.1 Å². The number of allylic oxidation sites excluding steroid dienone is 6. The number of methoxy groups -OCH3 is 3. The standard InChI is InChI=1S/C93H143N9O32S4/c1-52-21-26-62(27-22-52)85(116)97-64(88(119)120)29-32-77(109)100-101-92(125)132-38-41-137-138-51-66(89(121)122)99-86(117)65(98-84(115)55(4)23-31-75(107)96-49-69(105)80(112)81(113)70(106)50-103)48-95-76(108)33-39-135-136-40-34-94-91(124)131-37-36-130-71-30-25-61(45-74(71)128-11)44-57(6)73-47-68(104)56(5)43-59(8)79(111)82(129-12)78(110)58(7)42-53(2)18-14-13-15-19-54(3)72(127-10)46-63-28-24-60(9)93(126,134-63)83(114)87(118)102-35-17-16-20-67(102)90(123)133-73/h13-15,18-19,21-22,26-27,43,53,55-58,60-61,63-67,69-74,79-82,103,105-106,111-113,126H,16-17,20,23-25,28-42,44-51H2,1-12H3,(H,94,124)(H,95,108)(H,96,107)(H,97,116)(H,98,115)(H,99,117)(H,100,109)(H,101,125)(H,119,120)(H,121,122)/b15-13+,18-14+,54-19+,59-43+/t53-,55+,56-,57-,58-,60-,61+,63+,64+,65+,66+,67+,69+,70-,71-,72+,73+,74-,79-,80-,81-,82+,93-/m1/s1. The summed E-state index contributed by atoms with van der Waals surface area (Å²) in [6.45, 7) is 13.3. The van der Waals surface area contributed by atoms with Crippen molar-refractivity contribution in [3.05, 3.63) is 83.0 Å². The van der Waals surface area contributed by atoms with Crippen LogP contribution in [0.2, 0.25) is 0 Å². The smallest absolute Gasteiger partial charge is 0.426 e. The average Bonchev–Trinajstić information content (AvgIpc) is 0.770. The maximum Gasteiger partial charge on any atom is 0.426 e. The Morgan fingerprint density at radius 1 is 0.630 bits per heavy atom. The molecular weight excluding hydrogens is 1880 g/mol. The second-order valence-electron chi connectivity index (χ2n) is 35.4. The first-order valence-corrected chi connectivity index (χ1v) is 51.5. The van der Waals surface area contributed by atoms with Crippen LogP contribution in [0.1, 0.15) is 180 Å². The molecule has 0 radical (unpaired) electrons. The van der Waals surface area contributed by atoms with Crippen molar-refractivity contribution in [1.29, 1.82) is 0 Å². The molecule has 1 saturated carbocycles. The highest BCUT2D eigenvalue weighted by Crippen LogP contribution is 2.39. The van der Waals surface area contributed by atoms with Gasteiger partial charge in [0.2, 0.25) is 35.3 Å². The molecule has 0 aromatic heterocycles. The van der Waals surface area contributed by atoms with Gasteiger partial charge in [0.25, 0.3) is 17.6 Å². The van der Waals surface area contributed by atoms with E-state index < -0.39 is 230 Å². The number of aliphatic hydroxyl groups excluding tert-OH is 6. The zero-order chi connectivity index (χ0) is 102. The number of hydrogen-bond acceptors (Lipinski definition) is 34. The van der Waals surface area contributed by atoms with E-state index in [1.165, 1.54) is 47.8 Å². The zero-order valence-corrected chi connectivity index (χ0v) is 83.7. The van der Waals surface area contributed by atoms with Gasteiger partial charge in [-0.15, -0.1) is 0 Å². The summed E-state index contributed by atoms with van der Waals surface area (Å²) in [5.74, 6) is -17.2. The van der Waals surface area contributed by atoms with Crippen molar-refractivity contribution in [3.63, 3.8) is 0 Å². The lowest BCUT2D eigenvalue weighted by Gasteiger charge is -2.42. The fourth-order valence-corrected chi connectivity index (χ4v) is 19.8. The summed E-state index contributed by atoms with van der Waals surface area (Å²) >= 11 is 0. The summed E-state index contributed by atoms with van der Waals surface area (Å²) in [6.07, 6.45) is -1.11. The van der Waals surface area contributed by atoms with Gasteiger partial charge in [-0.25, -0.2) is 29.4 Å². The van der Waals surface area contributed by atoms with E-state index in [1.807, 2.05) is 63.5 Å². The molecule has 4 aliphatic rings. The predicted octanol–water partition coefficient (Wildman–Crippen LogP) is 3.95. The van der Waals surface area contributed by atoms with E-state index in [-0.39, 0.29) is 124 Å². The van der Waals surface area contributed by atoms with E-state index >= 15 is 0 Å². The fourth-order valence-electron chi connectivity index (χ4n) is 15.9. The van der Waals surface area contributed by atoms with Crippen LogP contribution < -0.4 is 42.8 Å². The lowest BCUT2D eigenvalue weighted by atomic mass is 9.78. The molecule has 0 spiro atoms. The molecule has 41 nitrogen and oxygen atoms in total. The van der Waals surface area contributed by atoms with Crippen LogP contribution in [-0.4, -0.2) is 334 Å². The lowest BCUT2D eigenvalue weighted by molar-refractivity contribution is -0.265. The highest BCUT2D eigenvalue weighted by Gasteiger charge is 2.54. The maximum atomic E-state index is 14.8. The molecular formula is C93H143N9O32S4. The number of amides is 9. The number of ketones is 3. The van der Waals surface area contributed by atoms with Gasteiger partial charge in [-0.1, -0.05) is 139 Å². The largest absolute Gasteiger partial charge is 0.480 e. The van der Waals surface area contributed by atoms with E-state index in [0.717, 1.165) is 37.6 Å². The van der Waals surface area contributed by atoms with E-state index in [9.17, 15) is 113 Å². The number of carbonyl (C=O) groups is 15. The van der Waals surface area contributed by atoms with Crippen LogP contribution in [0.4, 0.5) is 9.59 Å². The summed E-state index contributed by atoms with van der Waals surface area (Å²) in [5.41, 5.74) is 6.30. The zero-order valence-electron chi connectivity index (χ0n) is 80.5. The van der Waals surface area contributed by atoms with Gasteiger partial charge in [-0.05, 0) is 139 Å². The Morgan fingerprint density at radius 2 is 1.29 bits per heavy atom. The third-order valence-electron chi connectivity index (χ3n) is 24.5. The van der Waals surface area contributed by atoms with E-state index in [4.69, 9.17) is 43.0 Å². The minimum absolute atomic E-state index is 0.000874. The number of ether oxygens (including phenoxy) is 8. The van der Waals surface area contributed by atoms with Gasteiger partial charge in [0.15, 0.2) is 5.78 Å². The number of aliphatic hydroxyl groups is 7. The van der Waals surface area contributed by atoms with Crippen LogP contribution in [0.25, 0.3) is 0 Å². The number of rotatable bonds is 45. The topological polar surface area (TPSA) is 611 Å². The Morgan fingerprint density at radius 3 is 1.97 bits per heavy atom. The molecule has 45 heteroatoms. The molecule has 2 saturated heterocycles. The molecule has 5 rings (SSSR count). The Labute approximate surface area is 820 Å². The SMILES string of the molecule is CO[C@H]1C[C@@H]2CC[C@@H](C)[C@@](O)(O2)C(=O)C(=O)N2CCCC[C@H]2C(=O)O[C@H]([C@H](C)C[C@@H]2CC[C@@H](OCCOC(=O)NCCSSCCC(=O)NC[C@H](NC(=O)[C@@H](C)CCC(=O)NC[C@H](O)[C@@H](O)[C@H](O)[C@H](O)CO)C(=O)N[C@@H](CSSCCOC(=O)NNC(=O)CC[C@H](NC(=O)c3ccc(C)cc3)C(=O)O)C(=O)O)[C@H](OC)C2)CC(=O)[C@H](C)/C=C(\C)[C@@H](O)[C@@H](OC)C(=O)[C@H](C)C[C@H](C)/C=C/C=C/C=C/1C.